The summed E-state index contributed by atoms with van der Waals surface area (Å²) in [6, 6.07) is 13.5. The van der Waals surface area contributed by atoms with Crippen LogP contribution in [0.3, 0.4) is 0 Å². The van der Waals surface area contributed by atoms with E-state index in [-0.39, 0.29) is 30.1 Å². The van der Waals surface area contributed by atoms with Crippen molar-refractivity contribution < 1.29 is 23.5 Å². The van der Waals surface area contributed by atoms with Crippen LogP contribution in [0.1, 0.15) is 49.3 Å². The molecule has 0 bridgehead atoms. The number of hydrogen-bond donors (Lipinski definition) is 0. The number of carbonyl (C=O) groups is 2. The van der Waals surface area contributed by atoms with Gasteiger partial charge in [-0.15, -0.1) is 0 Å². The molecule has 2 aromatic carbocycles. The van der Waals surface area contributed by atoms with Gasteiger partial charge in [-0.05, 0) is 25.0 Å². The Balaban J connectivity index is 1.41. The topological polar surface area (TPSA) is 74.7 Å². The minimum Gasteiger partial charge on any atom is -0.496 e. The lowest BCUT2D eigenvalue weighted by Crippen LogP contribution is -2.48. The molecule has 2 heterocycles. The summed E-state index contributed by atoms with van der Waals surface area (Å²) in [7, 11) is 1.59. The molecule has 2 amide bonds. The zero-order valence-corrected chi connectivity index (χ0v) is 22.6. The smallest absolute Gasteiger partial charge is 0.262 e. The van der Waals surface area contributed by atoms with Crippen LogP contribution in [0, 0.1) is 11.7 Å². The fourth-order valence-corrected chi connectivity index (χ4v) is 5.80. The molecule has 1 atom stereocenters. The summed E-state index contributed by atoms with van der Waals surface area (Å²) in [5.41, 5.74) is 1.67. The minimum atomic E-state index is -0.467. The summed E-state index contributed by atoms with van der Waals surface area (Å²) in [6.07, 6.45) is 4.16. The number of hydrazone groups is 1. The van der Waals surface area contributed by atoms with E-state index in [1.165, 1.54) is 11.1 Å². The minimum absolute atomic E-state index is 0.0384. The van der Waals surface area contributed by atoms with Crippen molar-refractivity contribution in [1.82, 2.24) is 14.8 Å². The van der Waals surface area contributed by atoms with E-state index in [1.54, 1.807) is 30.2 Å². The molecule has 39 heavy (non-hydrogen) atoms. The van der Waals surface area contributed by atoms with Gasteiger partial charge in [-0.2, -0.15) is 5.10 Å². The van der Waals surface area contributed by atoms with Crippen molar-refractivity contribution in [2.24, 2.45) is 11.0 Å². The second-order valence-electron chi connectivity index (χ2n) is 10.4. The molecule has 208 valence electrons. The second kappa shape index (κ2) is 12.7. The fraction of sp³-hybridized carbons (Fsp3) is 0.500. The maximum absolute atomic E-state index is 14.7. The van der Waals surface area contributed by atoms with E-state index in [1.807, 2.05) is 24.3 Å². The first kappa shape index (κ1) is 27.3. The standard InChI is InChI=1S/C30H37FN4O4/c1-38-28-13-7-5-11-24(28)27-20-26(23-10-4-6-12-25(23)31)32-35(27)29(36)21-34(30(37)22-8-2-3-9-22)15-14-33-16-18-39-19-17-33/h4-7,10-13,22,27H,2-3,8-9,14-21H2,1H3/t27-/m0/s1. The number of hydrogen-bond acceptors (Lipinski definition) is 6. The van der Waals surface area contributed by atoms with Crippen LogP contribution in [0.25, 0.3) is 0 Å². The average Bonchev–Trinajstić information content (AvgIpc) is 3.67. The van der Waals surface area contributed by atoms with Gasteiger partial charge in [-0.25, -0.2) is 9.40 Å². The van der Waals surface area contributed by atoms with Gasteiger partial charge in [0, 0.05) is 49.6 Å². The number of ether oxygens (including phenoxy) is 2. The van der Waals surface area contributed by atoms with Crippen LogP contribution >= 0.6 is 0 Å². The Morgan fingerprint density at radius 1 is 1.08 bits per heavy atom. The molecule has 2 aromatic rings. The van der Waals surface area contributed by atoms with Crippen LogP contribution < -0.4 is 4.74 Å². The van der Waals surface area contributed by atoms with Crippen molar-refractivity contribution in [2.75, 3.05) is 53.0 Å². The van der Waals surface area contributed by atoms with Crippen LogP contribution in [-0.2, 0) is 14.3 Å². The number of benzene rings is 2. The Bertz CT molecular complexity index is 1190. The molecule has 0 radical (unpaired) electrons. The summed E-state index contributed by atoms with van der Waals surface area (Å²) in [5.74, 6) is -0.0288. The molecule has 0 spiro atoms. The number of nitrogens with zero attached hydrogens (tertiary/aromatic N) is 4. The first-order valence-corrected chi connectivity index (χ1v) is 13.9. The third-order valence-electron chi connectivity index (χ3n) is 7.98. The maximum atomic E-state index is 14.7. The van der Waals surface area contributed by atoms with Crippen LogP contribution in [0.4, 0.5) is 4.39 Å². The van der Waals surface area contributed by atoms with Crippen molar-refractivity contribution in [3.05, 3.63) is 65.5 Å². The molecule has 0 N–H and O–H groups in total. The molecule has 8 nitrogen and oxygen atoms in total. The highest BCUT2D eigenvalue weighted by Crippen LogP contribution is 2.38. The van der Waals surface area contributed by atoms with E-state index >= 15 is 0 Å². The van der Waals surface area contributed by atoms with Gasteiger partial charge in [0.05, 0.1) is 32.1 Å². The van der Waals surface area contributed by atoms with E-state index in [4.69, 9.17) is 9.47 Å². The van der Waals surface area contributed by atoms with Gasteiger partial charge in [0.2, 0.25) is 5.91 Å². The largest absolute Gasteiger partial charge is 0.496 e. The highest BCUT2D eigenvalue weighted by atomic mass is 19.1. The number of methoxy groups -OCH3 is 1. The van der Waals surface area contributed by atoms with Crippen molar-refractivity contribution in [3.63, 3.8) is 0 Å². The van der Waals surface area contributed by atoms with Gasteiger partial charge in [0.15, 0.2) is 0 Å². The highest BCUT2D eigenvalue weighted by molar-refractivity contribution is 6.03. The predicted molar refractivity (Wildman–Crippen MR) is 146 cm³/mol. The molecule has 1 saturated carbocycles. The number of morpholine rings is 1. The first-order chi connectivity index (χ1) is 19.0. The van der Waals surface area contributed by atoms with Gasteiger partial charge in [-0.1, -0.05) is 49.2 Å². The number of halogens is 1. The average molecular weight is 537 g/mol. The second-order valence-corrected chi connectivity index (χ2v) is 10.4. The van der Waals surface area contributed by atoms with E-state index in [9.17, 15) is 14.0 Å². The Morgan fingerprint density at radius 3 is 2.54 bits per heavy atom. The summed E-state index contributed by atoms with van der Waals surface area (Å²) in [6.45, 7) is 4.08. The molecule has 2 aliphatic heterocycles. The summed E-state index contributed by atoms with van der Waals surface area (Å²) in [4.78, 5) is 31.5. The molecular formula is C30H37FN4O4. The lowest BCUT2D eigenvalue weighted by atomic mass is 9.97. The third-order valence-corrected chi connectivity index (χ3v) is 7.98. The summed E-state index contributed by atoms with van der Waals surface area (Å²) in [5, 5.41) is 6.09. The van der Waals surface area contributed by atoms with Crippen molar-refractivity contribution >= 4 is 17.5 Å². The van der Waals surface area contributed by atoms with E-state index in [2.05, 4.69) is 10.0 Å². The molecule has 2 fully saturated rings. The molecule has 3 aliphatic rings. The first-order valence-electron chi connectivity index (χ1n) is 13.9. The zero-order chi connectivity index (χ0) is 27.2. The molecule has 5 rings (SSSR count). The monoisotopic (exact) mass is 536 g/mol. The predicted octanol–water partition coefficient (Wildman–Crippen LogP) is 3.86. The van der Waals surface area contributed by atoms with Crippen LogP contribution in [0.15, 0.2) is 53.6 Å². The van der Waals surface area contributed by atoms with Crippen molar-refractivity contribution in [3.8, 4) is 5.75 Å². The van der Waals surface area contributed by atoms with Gasteiger partial charge in [0.25, 0.3) is 5.91 Å². The lowest BCUT2D eigenvalue weighted by molar-refractivity contribution is -0.144. The maximum Gasteiger partial charge on any atom is 0.262 e. The molecule has 1 aliphatic carbocycles. The Labute approximate surface area is 229 Å². The van der Waals surface area contributed by atoms with Crippen molar-refractivity contribution in [2.45, 2.75) is 38.1 Å². The van der Waals surface area contributed by atoms with Gasteiger partial charge >= 0.3 is 0 Å². The van der Waals surface area contributed by atoms with Crippen molar-refractivity contribution in [1.29, 1.82) is 0 Å². The van der Waals surface area contributed by atoms with Gasteiger partial charge < -0.3 is 14.4 Å². The van der Waals surface area contributed by atoms with E-state index in [0.717, 1.165) is 44.3 Å². The Kier molecular flexibility index (Phi) is 8.88. The number of carbonyl (C=O) groups excluding carboxylic acids is 2. The van der Waals surface area contributed by atoms with E-state index < -0.39 is 6.04 Å². The molecule has 0 unspecified atom stereocenters. The summed E-state index contributed by atoms with van der Waals surface area (Å²) >= 11 is 0. The number of para-hydroxylation sites is 1. The van der Waals surface area contributed by atoms with Gasteiger partial charge in [-0.3, -0.25) is 14.5 Å². The van der Waals surface area contributed by atoms with Crippen LogP contribution in [0.2, 0.25) is 0 Å². The Hall–Kier alpha value is -3.30. The normalized spacial score (nSPS) is 20.2. The summed E-state index contributed by atoms with van der Waals surface area (Å²) < 4.78 is 25.8. The molecule has 0 aromatic heterocycles. The number of rotatable bonds is 9. The highest BCUT2D eigenvalue weighted by Gasteiger charge is 2.37. The zero-order valence-electron chi connectivity index (χ0n) is 22.6. The lowest BCUT2D eigenvalue weighted by Gasteiger charge is -2.32. The molecule has 1 saturated heterocycles. The van der Waals surface area contributed by atoms with Gasteiger partial charge in [0.1, 0.15) is 18.1 Å². The number of amides is 2. The SMILES string of the molecule is COc1ccccc1[C@@H]1CC(c2ccccc2F)=NN1C(=O)CN(CCN1CCOCC1)C(=O)C1CCCC1. The molecule has 9 heteroatoms. The van der Waals surface area contributed by atoms with E-state index in [0.29, 0.717) is 49.7 Å². The fourth-order valence-electron chi connectivity index (χ4n) is 5.80. The quantitative estimate of drug-likeness (QED) is 0.487. The molecular weight excluding hydrogens is 499 g/mol. The third kappa shape index (κ3) is 6.31. The Morgan fingerprint density at radius 2 is 1.79 bits per heavy atom. The van der Waals surface area contributed by atoms with Crippen LogP contribution in [0.5, 0.6) is 5.75 Å². The van der Waals surface area contributed by atoms with Crippen LogP contribution in [-0.4, -0.2) is 85.4 Å².